The maximum Gasteiger partial charge on any atom is 0.414 e. The highest BCUT2D eigenvalue weighted by atomic mass is 19.1. The Balaban J connectivity index is 1.52. The Hall–Kier alpha value is -4.48. The number of hydrogen-bond acceptors (Lipinski definition) is 10. The summed E-state index contributed by atoms with van der Waals surface area (Å²) in [6.07, 6.45) is 4.36. The average molecular weight is 509 g/mol. The average Bonchev–Trinajstić information content (AvgIpc) is 2.91. The van der Waals surface area contributed by atoms with E-state index < -0.39 is 6.09 Å². The normalized spacial score (nSPS) is 13.4. The molecular weight excluding hydrogens is 479 g/mol. The van der Waals surface area contributed by atoms with E-state index in [0.717, 1.165) is 25.9 Å². The third-order valence-corrected chi connectivity index (χ3v) is 5.49. The fourth-order valence-electron chi connectivity index (χ4n) is 3.57. The molecule has 2 aromatic carbocycles. The summed E-state index contributed by atoms with van der Waals surface area (Å²) < 4.78 is 24.0. The number of benzene rings is 2. The quantitative estimate of drug-likeness (QED) is 0.340. The van der Waals surface area contributed by atoms with Gasteiger partial charge in [-0.25, -0.2) is 14.6 Å². The molecule has 1 amide bonds. The van der Waals surface area contributed by atoms with Crippen molar-refractivity contribution in [3.05, 3.63) is 53.8 Å². The maximum atomic E-state index is 13.3. The summed E-state index contributed by atoms with van der Waals surface area (Å²) >= 11 is 0. The first kappa shape index (κ1) is 25.6. The zero-order valence-electron chi connectivity index (χ0n) is 20.9. The minimum Gasteiger partial charge on any atom is -0.493 e. The van der Waals surface area contributed by atoms with E-state index >= 15 is 0 Å². The topological polar surface area (TPSA) is 117 Å². The summed E-state index contributed by atoms with van der Waals surface area (Å²) in [5.41, 5.74) is 4.20. The number of methoxy groups -OCH3 is 1. The fraction of sp³-hybridized carbons (Fsp3) is 0.320. The highest BCUT2D eigenvalue weighted by molar-refractivity contribution is 5.82. The zero-order chi connectivity index (χ0) is 26.2. The second-order valence-electron chi connectivity index (χ2n) is 8.50. The molecule has 0 aliphatic carbocycles. The molecule has 1 aliphatic rings. The lowest BCUT2D eigenvalue weighted by Crippen LogP contribution is -2.31. The molecule has 3 aromatic rings. The molecule has 1 fully saturated rings. The van der Waals surface area contributed by atoms with Gasteiger partial charge < -0.3 is 24.6 Å². The van der Waals surface area contributed by atoms with Crippen molar-refractivity contribution in [3.8, 4) is 11.5 Å². The first-order valence-electron chi connectivity index (χ1n) is 11.8. The van der Waals surface area contributed by atoms with Crippen molar-refractivity contribution in [1.82, 2.24) is 19.9 Å². The fourth-order valence-corrected chi connectivity index (χ4v) is 3.57. The number of nitrogens with zero attached hydrogens (tertiary/aromatic N) is 6. The number of hydrazone groups is 1. The van der Waals surface area contributed by atoms with Gasteiger partial charge in [0.15, 0.2) is 11.5 Å². The minimum absolute atomic E-state index is 0.250. The van der Waals surface area contributed by atoms with Crippen LogP contribution < -0.4 is 25.1 Å². The van der Waals surface area contributed by atoms with Crippen LogP contribution in [0, 0.1) is 5.82 Å². The molecule has 11 nitrogen and oxygen atoms in total. The van der Waals surface area contributed by atoms with Crippen molar-refractivity contribution in [3.63, 3.8) is 0 Å². The van der Waals surface area contributed by atoms with Crippen LogP contribution in [0.1, 0.15) is 24.8 Å². The van der Waals surface area contributed by atoms with Crippen LogP contribution in [-0.2, 0) is 0 Å². The Morgan fingerprint density at radius 2 is 1.76 bits per heavy atom. The number of carbonyl (C=O) groups is 1. The number of ether oxygens (including phenoxy) is 2. The predicted octanol–water partition coefficient (Wildman–Crippen LogP) is 4.26. The standard InChI is InChI=1S/C25H29FN8O3/c1-33(2)25(35)37-20-12-7-17(15-21(20)36-3)16-27-32-23-29-22(28-19-10-8-18(26)9-11-19)30-24(31-23)34-13-5-4-6-14-34/h7-12,15-16H,4-6,13-14H2,1-3H3,(H2,28,29,30,31,32)/b27-16-. The van der Waals surface area contributed by atoms with Crippen molar-refractivity contribution in [2.75, 3.05) is 49.9 Å². The molecule has 0 atom stereocenters. The second-order valence-corrected chi connectivity index (χ2v) is 8.50. The molecule has 2 heterocycles. The molecular formula is C25H29FN8O3. The highest BCUT2D eigenvalue weighted by Crippen LogP contribution is 2.28. The lowest BCUT2D eigenvalue weighted by molar-refractivity contribution is 0.170. The van der Waals surface area contributed by atoms with E-state index in [2.05, 4.69) is 35.7 Å². The molecule has 0 spiro atoms. The molecule has 12 heteroatoms. The monoisotopic (exact) mass is 508 g/mol. The Morgan fingerprint density at radius 1 is 1.03 bits per heavy atom. The molecule has 0 saturated carbocycles. The van der Waals surface area contributed by atoms with Gasteiger partial charge >= 0.3 is 6.09 Å². The Morgan fingerprint density at radius 3 is 2.46 bits per heavy atom. The number of halogens is 1. The van der Waals surface area contributed by atoms with Crippen LogP contribution in [-0.4, -0.2) is 66.5 Å². The number of hydrogen-bond donors (Lipinski definition) is 2. The van der Waals surface area contributed by atoms with E-state index in [1.54, 1.807) is 50.6 Å². The first-order chi connectivity index (χ1) is 17.9. The van der Waals surface area contributed by atoms with Crippen LogP contribution in [0.5, 0.6) is 11.5 Å². The van der Waals surface area contributed by atoms with Crippen LogP contribution in [0.15, 0.2) is 47.6 Å². The number of anilines is 4. The molecule has 1 aliphatic heterocycles. The first-order valence-corrected chi connectivity index (χ1v) is 11.8. The van der Waals surface area contributed by atoms with Crippen LogP contribution in [0.3, 0.4) is 0 Å². The van der Waals surface area contributed by atoms with Crippen molar-refractivity contribution in [2.45, 2.75) is 19.3 Å². The number of amides is 1. The Labute approximate surface area is 214 Å². The summed E-state index contributed by atoms with van der Waals surface area (Å²) in [6, 6.07) is 11.0. The van der Waals surface area contributed by atoms with Gasteiger partial charge in [0.2, 0.25) is 17.8 Å². The number of piperidine rings is 1. The third kappa shape index (κ3) is 7.03. The maximum absolute atomic E-state index is 13.3. The summed E-state index contributed by atoms with van der Waals surface area (Å²) in [5, 5.41) is 7.35. The van der Waals surface area contributed by atoms with Crippen molar-refractivity contribution in [2.24, 2.45) is 5.10 Å². The number of aromatic nitrogens is 3. The molecule has 0 unspecified atom stereocenters. The van der Waals surface area contributed by atoms with Gasteiger partial charge in [-0.05, 0) is 67.3 Å². The van der Waals surface area contributed by atoms with E-state index in [-0.39, 0.29) is 11.8 Å². The molecule has 37 heavy (non-hydrogen) atoms. The summed E-state index contributed by atoms with van der Waals surface area (Å²) in [5.74, 6) is 1.45. The van der Waals surface area contributed by atoms with Crippen LogP contribution in [0.25, 0.3) is 0 Å². The van der Waals surface area contributed by atoms with E-state index in [0.29, 0.717) is 34.6 Å². The molecule has 0 radical (unpaired) electrons. The molecule has 1 saturated heterocycles. The van der Waals surface area contributed by atoms with E-state index in [1.807, 2.05) is 0 Å². The summed E-state index contributed by atoms with van der Waals surface area (Å²) in [7, 11) is 4.68. The number of carbonyl (C=O) groups excluding carboxylic acids is 1. The minimum atomic E-state index is -0.509. The highest BCUT2D eigenvalue weighted by Gasteiger charge is 2.17. The van der Waals surface area contributed by atoms with E-state index in [1.165, 1.54) is 30.6 Å². The van der Waals surface area contributed by atoms with Crippen LogP contribution >= 0.6 is 0 Å². The lowest BCUT2D eigenvalue weighted by Gasteiger charge is -2.26. The molecule has 2 N–H and O–H groups in total. The van der Waals surface area contributed by atoms with Crippen LogP contribution in [0.4, 0.5) is 32.7 Å². The van der Waals surface area contributed by atoms with Gasteiger partial charge in [0.05, 0.1) is 13.3 Å². The van der Waals surface area contributed by atoms with E-state index in [9.17, 15) is 9.18 Å². The van der Waals surface area contributed by atoms with Crippen LogP contribution in [0.2, 0.25) is 0 Å². The van der Waals surface area contributed by atoms with Gasteiger partial charge in [-0.1, -0.05) is 0 Å². The Kier molecular flexibility index (Phi) is 8.29. The summed E-state index contributed by atoms with van der Waals surface area (Å²) in [6.45, 7) is 1.71. The van der Waals surface area contributed by atoms with Gasteiger partial charge in [-0.3, -0.25) is 0 Å². The van der Waals surface area contributed by atoms with Crippen molar-refractivity contribution in [1.29, 1.82) is 0 Å². The largest absolute Gasteiger partial charge is 0.493 e. The van der Waals surface area contributed by atoms with Crippen molar-refractivity contribution < 1.29 is 18.7 Å². The van der Waals surface area contributed by atoms with E-state index in [4.69, 9.17) is 9.47 Å². The molecule has 1 aromatic heterocycles. The Bertz CT molecular complexity index is 1250. The lowest BCUT2D eigenvalue weighted by atomic mass is 10.1. The van der Waals surface area contributed by atoms with Gasteiger partial charge in [-0.15, -0.1) is 0 Å². The second kappa shape index (κ2) is 12.0. The van der Waals surface area contributed by atoms with Gasteiger partial charge in [0.25, 0.3) is 0 Å². The number of rotatable bonds is 8. The van der Waals surface area contributed by atoms with Crippen molar-refractivity contribution >= 4 is 35.8 Å². The zero-order valence-corrected chi connectivity index (χ0v) is 20.9. The summed E-state index contributed by atoms with van der Waals surface area (Å²) in [4.78, 5) is 28.8. The third-order valence-electron chi connectivity index (χ3n) is 5.49. The molecule has 194 valence electrons. The van der Waals surface area contributed by atoms with Gasteiger partial charge in [-0.2, -0.15) is 20.1 Å². The van der Waals surface area contributed by atoms with Gasteiger partial charge in [0, 0.05) is 32.9 Å². The predicted molar refractivity (Wildman–Crippen MR) is 139 cm³/mol. The molecule has 4 rings (SSSR count). The smallest absolute Gasteiger partial charge is 0.414 e. The number of nitrogens with one attached hydrogen (secondary N) is 2. The molecule has 0 bridgehead atoms. The van der Waals surface area contributed by atoms with Gasteiger partial charge in [0.1, 0.15) is 5.82 Å². The SMILES string of the molecule is COc1cc(/C=N\Nc2nc(Nc3ccc(F)cc3)nc(N3CCCCC3)n2)ccc1OC(=O)N(C)C.